The topological polar surface area (TPSA) is 84.3 Å². The first-order valence-corrected chi connectivity index (χ1v) is 11.4. The van der Waals surface area contributed by atoms with Crippen LogP contribution < -0.4 is 9.62 Å². The molecule has 1 amide bonds. The van der Waals surface area contributed by atoms with Crippen molar-refractivity contribution >= 4 is 21.6 Å². The Morgan fingerprint density at radius 2 is 2.00 bits per heavy atom. The predicted octanol–water partition coefficient (Wildman–Crippen LogP) is 2.84. The number of carbonyl (C=O) groups excluding carboxylic acids is 1. The van der Waals surface area contributed by atoms with Gasteiger partial charge in [0.1, 0.15) is 0 Å². The average molecular weight is 425 g/mol. The number of amides is 1. The molecule has 0 bridgehead atoms. The van der Waals surface area contributed by atoms with E-state index in [9.17, 15) is 13.2 Å². The highest BCUT2D eigenvalue weighted by atomic mass is 32.2. The molecule has 7 nitrogen and oxygen atoms in total. The second-order valence-corrected chi connectivity index (χ2v) is 9.11. The summed E-state index contributed by atoms with van der Waals surface area (Å²) in [6.45, 7) is 1.68. The Balaban J connectivity index is 1.47. The van der Waals surface area contributed by atoms with E-state index in [0.717, 1.165) is 37.1 Å². The molecule has 1 aliphatic heterocycles. The van der Waals surface area contributed by atoms with Gasteiger partial charge >= 0.3 is 0 Å². The molecule has 4 rings (SSSR count). The van der Waals surface area contributed by atoms with Gasteiger partial charge in [0.2, 0.25) is 0 Å². The molecule has 0 unspecified atom stereocenters. The molecule has 0 saturated heterocycles. The molecule has 2 heterocycles. The van der Waals surface area contributed by atoms with Crippen molar-refractivity contribution in [2.24, 2.45) is 0 Å². The number of aryl methyl sites for hydroxylation is 2. The molecule has 1 aromatic heterocycles. The Morgan fingerprint density at radius 3 is 2.83 bits per heavy atom. The smallest absolute Gasteiger partial charge is 0.264 e. The first-order chi connectivity index (χ1) is 14.6. The normalized spacial score (nSPS) is 13.7. The summed E-state index contributed by atoms with van der Waals surface area (Å²) in [5.41, 5.74) is 2.08. The number of carbonyl (C=O) groups is 1. The summed E-state index contributed by atoms with van der Waals surface area (Å²) in [6, 6.07) is 13.8. The Labute approximate surface area is 176 Å². The number of hydrogen-bond acceptors (Lipinski definition) is 4. The molecule has 1 N–H and O–H groups in total. The third-order valence-electron chi connectivity index (χ3n) is 5.19. The standard InChI is InChI=1S/C22H24N4O3S/c27-22(24-11-5-13-25-15-12-23-17-25)19-7-3-9-20(16-19)30(28,29)26-14-4-8-18-6-1-2-10-21(18)26/h1-3,6-7,9-10,12,15-17H,4-5,8,11,13-14H2,(H,24,27). The van der Waals surface area contributed by atoms with Gasteiger partial charge in [-0.05, 0) is 49.1 Å². The first kappa shape index (κ1) is 20.2. The molecule has 0 fully saturated rings. The monoisotopic (exact) mass is 424 g/mol. The maximum absolute atomic E-state index is 13.3. The Kier molecular flexibility index (Phi) is 5.85. The van der Waals surface area contributed by atoms with E-state index in [4.69, 9.17) is 0 Å². The van der Waals surface area contributed by atoms with Gasteiger partial charge < -0.3 is 9.88 Å². The van der Waals surface area contributed by atoms with Gasteiger partial charge in [0, 0.05) is 37.6 Å². The molecule has 1 aliphatic rings. The van der Waals surface area contributed by atoms with E-state index < -0.39 is 10.0 Å². The summed E-state index contributed by atoms with van der Waals surface area (Å²) in [6.07, 6.45) is 7.71. The van der Waals surface area contributed by atoms with Crippen LogP contribution in [0.15, 0.2) is 72.1 Å². The highest BCUT2D eigenvalue weighted by Gasteiger charge is 2.29. The number of nitrogens with one attached hydrogen (secondary N) is 1. The second-order valence-electron chi connectivity index (χ2n) is 7.25. The van der Waals surface area contributed by atoms with E-state index in [1.807, 2.05) is 35.0 Å². The first-order valence-electron chi connectivity index (χ1n) is 10.0. The van der Waals surface area contributed by atoms with Crippen molar-refractivity contribution in [2.75, 3.05) is 17.4 Å². The summed E-state index contributed by atoms with van der Waals surface area (Å²) in [7, 11) is -3.74. The Morgan fingerprint density at radius 1 is 1.13 bits per heavy atom. The van der Waals surface area contributed by atoms with Crippen molar-refractivity contribution < 1.29 is 13.2 Å². The fraction of sp³-hybridized carbons (Fsp3) is 0.273. The molecule has 0 aliphatic carbocycles. The van der Waals surface area contributed by atoms with Gasteiger partial charge in [-0.1, -0.05) is 24.3 Å². The molecule has 8 heteroatoms. The molecule has 30 heavy (non-hydrogen) atoms. The van der Waals surface area contributed by atoms with Crippen molar-refractivity contribution in [3.63, 3.8) is 0 Å². The van der Waals surface area contributed by atoms with Crippen LogP contribution in [0, 0.1) is 0 Å². The number of aromatic nitrogens is 2. The minimum absolute atomic E-state index is 0.130. The molecule has 0 spiro atoms. The summed E-state index contributed by atoms with van der Waals surface area (Å²) < 4.78 is 30.0. The van der Waals surface area contributed by atoms with Gasteiger partial charge in [-0.2, -0.15) is 0 Å². The fourth-order valence-electron chi connectivity index (χ4n) is 3.66. The highest BCUT2D eigenvalue weighted by Crippen LogP contribution is 2.31. The van der Waals surface area contributed by atoms with E-state index in [1.54, 1.807) is 30.7 Å². The van der Waals surface area contributed by atoms with Crippen LogP contribution >= 0.6 is 0 Å². The maximum Gasteiger partial charge on any atom is 0.264 e. The van der Waals surface area contributed by atoms with Crippen LogP contribution in [-0.2, 0) is 23.0 Å². The second kappa shape index (κ2) is 8.71. The van der Waals surface area contributed by atoms with Crippen LogP contribution in [-0.4, -0.2) is 37.0 Å². The van der Waals surface area contributed by atoms with E-state index in [2.05, 4.69) is 10.3 Å². The lowest BCUT2D eigenvalue weighted by Gasteiger charge is -2.30. The SMILES string of the molecule is O=C(NCCCn1ccnc1)c1cccc(S(=O)(=O)N2CCCc3ccccc32)c1. The molecule has 0 atom stereocenters. The number of sulfonamides is 1. The number of para-hydroxylation sites is 1. The van der Waals surface area contributed by atoms with Crippen LogP contribution in [0.4, 0.5) is 5.69 Å². The van der Waals surface area contributed by atoms with Crippen molar-refractivity contribution in [1.29, 1.82) is 0 Å². The molecule has 2 aromatic carbocycles. The van der Waals surface area contributed by atoms with Gasteiger partial charge in [-0.25, -0.2) is 13.4 Å². The van der Waals surface area contributed by atoms with Gasteiger partial charge in [-0.15, -0.1) is 0 Å². The number of nitrogens with zero attached hydrogens (tertiary/aromatic N) is 3. The van der Waals surface area contributed by atoms with E-state index in [0.29, 0.717) is 18.7 Å². The maximum atomic E-state index is 13.3. The number of fused-ring (bicyclic) bond motifs is 1. The van der Waals surface area contributed by atoms with Gasteiger partial charge in [0.05, 0.1) is 16.9 Å². The lowest BCUT2D eigenvalue weighted by molar-refractivity contribution is 0.0952. The quantitative estimate of drug-likeness (QED) is 0.591. The summed E-state index contributed by atoms with van der Waals surface area (Å²) in [5, 5.41) is 2.85. The number of rotatable bonds is 7. The average Bonchev–Trinajstić information content (AvgIpc) is 3.30. The van der Waals surface area contributed by atoms with Crippen molar-refractivity contribution in [2.45, 2.75) is 30.7 Å². The third-order valence-corrected chi connectivity index (χ3v) is 7.00. The van der Waals surface area contributed by atoms with Crippen LogP contribution in [0.2, 0.25) is 0 Å². The molecular weight excluding hydrogens is 400 g/mol. The highest BCUT2D eigenvalue weighted by molar-refractivity contribution is 7.92. The molecule has 0 radical (unpaired) electrons. The molecule has 3 aromatic rings. The number of hydrogen-bond donors (Lipinski definition) is 1. The Hall–Kier alpha value is -3.13. The van der Waals surface area contributed by atoms with Crippen LogP contribution in [0.5, 0.6) is 0 Å². The minimum Gasteiger partial charge on any atom is -0.352 e. The van der Waals surface area contributed by atoms with Crippen LogP contribution in [0.3, 0.4) is 0 Å². The zero-order valence-electron chi connectivity index (χ0n) is 16.6. The van der Waals surface area contributed by atoms with Crippen LogP contribution in [0.25, 0.3) is 0 Å². The fourth-order valence-corrected chi connectivity index (χ4v) is 5.25. The minimum atomic E-state index is -3.74. The summed E-state index contributed by atoms with van der Waals surface area (Å²) in [5.74, 6) is -0.281. The number of benzene rings is 2. The van der Waals surface area contributed by atoms with E-state index in [-0.39, 0.29) is 10.8 Å². The van der Waals surface area contributed by atoms with E-state index >= 15 is 0 Å². The zero-order chi connectivity index (χ0) is 21.0. The van der Waals surface area contributed by atoms with Gasteiger partial charge in [0.15, 0.2) is 0 Å². The van der Waals surface area contributed by atoms with E-state index in [1.165, 1.54) is 10.4 Å². The third kappa shape index (κ3) is 4.23. The molecule has 0 saturated carbocycles. The number of anilines is 1. The molecular formula is C22H24N4O3S. The number of imidazole rings is 1. The summed E-state index contributed by atoms with van der Waals surface area (Å²) >= 11 is 0. The molecule has 156 valence electrons. The van der Waals surface area contributed by atoms with Gasteiger partial charge in [-0.3, -0.25) is 9.10 Å². The van der Waals surface area contributed by atoms with Gasteiger partial charge in [0.25, 0.3) is 15.9 Å². The van der Waals surface area contributed by atoms with Crippen molar-refractivity contribution in [3.8, 4) is 0 Å². The van der Waals surface area contributed by atoms with Crippen LogP contribution in [0.1, 0.15) is 28.8 Å². The largest absolute Gasteiger partial charge is 0.352 e. The Bertz CT molecular complexity index is 1130. The lowest BCUT2D eigenvalue weighted by Crippen LogP contribution is -2.35. The lowest BCUT2D eigenvalue weighted by atomic mass is 10.0. The van der Waals surface area contributed by atoms with Crippen molar-refractivity contribution in [3.05, 3.63) is 78.4 Å². The van der Waals surface area contributed by atoms with Crippen molar-refractivity contribution in [1.82, 2.24) is 14.9 Å². The zero-order valence-corrected chi connectivity index (χ0v) is 17.4. The predicted molar refractivity (Wildman–Crippen MR) is 115 cm³/mol. The summed E-state index contributed by atoms with van der Waals surface area (Å²) in [4.78, 5) is 16.6.